The predicted octanol–water partition coefficient (Wildman–Crippen LogP) is 2.13. The van der Waals surface area contributed by atoms with Gasteiger partial charge in [0.2, 0.25) is 0 Å². The van der Waals surface area contributed by atoms with E-state index in [9.17, 15) is 4.79 Å². The maximum atomic E-state index is 11.9. The van der Waals surface area contributed by atoms with Crippen LogP contribution in [0.25, 0.3) is 0 Å². The third-order valence-corrected chi connectivity index (χ3v) is 2.49. The standard InChI is InChI=1S/C12H17NO/c1-9-5-7-11(8-6-9)12(14)10(2)13(3)4/h5-8,10H,1-4H3/t10-/m0/s1. The van der Waals surface area contributed by atoms with Crippen LogP contribution in [0.2, 0.25) is 0 Å². The molecule has 0 unspecified atom stereocenters. The van der Waals surface area contributed by atoms with E-state index < -0.39 is 0 Å². The van der Waals surface area contributed by atoms with Crippen molar-refractivity contribution in [2.24, 2.45) is 0 Å². The normalized spacial score (nSPS) is 12.9. The Labute approximate surface area is 85.5 Å². The SMILES string of the molecule is Cc1ccc(C(=O)[C@H](C)N(C)C)cc1. The molecule has 0 bridgehead atoms. The number of rotatable bonds is 3. The van der Waals surface area contributed by atoms with Crippen LogP contribution in [0, 0.1) is 6.92 Å². The van der Waals surface area contributed by atoms with Crippen LogP contribution in [0.4, 0.5) is 0 Å². The van der Waals surface area contributed by atoms with E-state index in [0.29, 0.717) is 0 Å². The molecule has 0 radical (unpaired) electrons. The van der Waals surface area contributed by atoms with E-state index >= 15 is 0 Å². The van der Waals surface area contributed by atoms with Gasteiger partial charge in [0.15, 0.2) is 5.78 Å². The second kappa shape index (κ2) is 4.38. The molecule has 0 amide bonds. The van der Waals surface area contributed by atoms with Gasteiger partial charge in [-0.05, 0) is 27.9 Å². The Morgan fingerprint density at radius 1 is 1.21 bits per heavy atom. The van der Waals surface area contributed by atoms with Crippen molar-refractivity contribution in [2.75, 3.05) is 14.1 Å². The fraction of sp³-hybridized carbons (Fsp3) is 0.417. The van der Waals surface area contributed by atoms with Gasteiger partial charge in [0.05, 0.1) is 6.04 Å². The van der Waals surface area contributed by atoms with E-state index in [1.165, 1.54) is 5.56 Å². The highest BCUT2D eigenvalue weighted by molar-refractivity contribution is 5.99. The lowest BCUT2D eigenvalue weighted by molar-refractivity contribution is 0.0890. The summed E-state index contributed by atoms with van der Waals surface area (Å²) < 4.78 is 0. The predicted molar refractivity (Wildman–Crippen MR) is 58.7 cm³/mol. The molecule has 14 heavy (non-hydrogen) atoms. The highest BCUT2D eigenvalue weighted by atomic mass is 16.1. The number of likely N-dealkylation sites (N-methyl/N-ethyl adjacent to an activating group) is 1. The number of hydrogen-bond donors (Lipinski definition) is 0. The van der Waals surface area contributed by atoms with Crippen molar-refractivity contribution in [1.29, 1.82) is 0 Å². The number of Topliss-reactive ketones (excluding diaryl/α,β-unsaturated/α-hetero) is 1. The molecular weight excluding hydrogens is 174 g/mol. The summed E-state index contributed by atoms with van der Waals surface area (Å²) in [5, 5.41) is 0. The highest BCUT2D eigenvalue weighted by Gasteiger charge is 2.16. The van der Waals surface area contributed by atoms with Gasteiger partial charge < -0.3 is 0 Å². The van der Waals surface area contributed by atoms with Gasteiger partial charge in [-0.25, -0.2) is 0 Å². The van der Waals surface area contributed by atoms with Crippen molar-refractivity contribution in [3.05, 3.63) is 35.4 Å². The molecule has 0 aliphatic heterocycles. The zero-order valence-electron chi connectivity index (χ0n) is 9.24. The van der Waals surface area contributed by atoms with Gasteiger partial charge in [-0.15, -0.1) is 0 Å². The lowest BCUT2D eigenvalue weighted by atomic mass is 10.0. The molecule has 1 aromatic carbocycles. The number of ketones is 1. The molecule has 76 valence electrons. The van der Waals surface area contributed by atoms with Gasteiger partial charge in [-0.3, -0.25) is 9.69 Å². The number of aryl methyl sites for hydroxylation is 1. The van der Waals surface area contributed by atoms with Crippen molar-refractivity contribution >= 4 is 5.78 Å². The average molecular weight is 191 g/mol. The molecule has 0 saturated carbocycles. The Morgan fingerprint density at radius 3 is 2.14 bits per heavy atom. The summed E-state index contributed by atoms with van der Waals surface area (Å²) in [7, 11) is 3.83. The molecule has 2 heteroatoms. The fourth-order valence-corrected chi connectivity index (χ4v) is 1.19. The summed E-state index contributed by atoms with van der Waals surface area (Å²) in [6.07, 6.45) is 0. The van der Waals surface area contributed by atoms with Crippen LogP contribution in [-0.4, -0.2) is 30.8 Å². The van der Waals surface area contributed by atoms with Crippen LogP contribution < -0.4 is 0 Å². The summed E-state index contributed by atoms with van der Waals surface area (Å²) in [5.41, 5.74) is 1.97. The minimum absolute atomic E-state index is 0.0577. The van der Waals surface area contributed by atoms with E-state index in [2.05, 4.69) is 0 Å². The average Bonchev–Trinajstić information content (AvgIpc) is 2.16. The molecule has 0 fully saturated rings. The van der Waals surface area contributed by atoms with E-state index in [0.717, 1.165) is 5.56 Å². The number of nitrogens with zero attached hydrogens (tertiary/aromatic N) is 1. The van der Waals surface area contributed by atoms with Gasteiger partial charge in [0, 0.05) is 5.56 Å². The van der Waals surface area contributed by atoms with Crippen LogP contribution in [-0.2, 0) is 0 Å². The van der Waals surface area contributed by atoms with Crippen LogP contribution in [0.1, 0.15) is 22.8 Å². The first kappa shape index (κ1) is 10.9. The zero-order chi connectivity index (χ0) is 10.7. The minimum Gasteiger partial charge on any atom is -0.300 e. The van der Waals surface area contributed by atoms with Gasteiger partial charge in [-0.2, -0.15) is 0 Å². The van der Waals surface area contributed by atoms with E-state index in [4.69, 9.17) is 0 Å². The Balaban J connectivity index is 2.84. The summed E-state index contributed by atoms with van der Waals surface area (Å²) in [6.45, 7) is 3.94. The van der Waals surface area contributed by atoms with Crippen LogP contribution in [0.5, 0.6) is 0 Å². The van der Waals surface area contributed by atoms with E-state index in [1.807, 2.05) is 57.1 Å². The third kappa shape index (κ3) is 2.42. The molecule has 1 atom stereocenters. The Bertz CT molecular complexity index is 314. The molecule has 0 aromatic heterocycles. The van der Waals surface area contributed by atoms with Gasteiger partial charge in [0.25, 0.3) is 0 Å². The maximum absolute atomic E-state index is 11.9. The molecule has 0 aliphatic rings. The second-order valence-electron chi connectivity index (χ2n) is 3.87. The molecule has 1 rings (SSSR count). The van der Waals surface area contributed by atoms with Crippen LogP contribution >= 0.6 is 0 Å². The largest absolute Gasteiger partial charge is 0.300 e. The Morgan fingerprint density at radius 2 is 1.71 bits per heavy atom. The quantitative estimate of drug-likeness (QED) is 0.682. The summed E-state index contributed by atoms with van der Waals surface area (Å²) in [4.78, 5) is 13.8. The van der Waals surface area contributed by atoms with Gasteiger partial charge in [-0.1, -0.05) is 29.8 Å². The zero-order valence-corrected chi connectivity index (χ0v) is 9.24. The fourth-order valence-electron chi connectivity index (χ4n) is 1.19. The highest BCUT2D eigenvalue weighted by Crippen LogP contribution is 2.08. The molecule has 0 N–H and O–H groups in total. The van der Waals surface area contributed by atoms with Crippen molar-refractivity contribution in [2.45, 2.75) is 19.9 Å². The van der Waals surface area contributed by atoms with Crippen molar-refractivity contribution in [3.8, 4) is 0 Å². The molecular formula is C12H17NO. The number of benzene rings is 1. The van der Waals surface area contributed by atoms with Gasteiger partial charge in [0.1, 0.15) is 0 Å². The van der Waals surface area contributed by atoms with Crippen molar-refractivity contribution in [1.82, 2.24) is 4.90 Å². The number of hydrogen-bond acceptors (Lipinski definition) is 2. The smallest absolute Gasteiger partial charge is 0.179 e. The summed E-state index contributed by atoms with van der Waals surface area (Å²) >= 11 is 0. The van der Waals surface area contributed by atoms with Crippen LogP contribution in [0.15, 0.2) is 24.3 Å². The Kier molecular flexibility index (Phi) is 3.42. The summed E-state index contributed by atoms with van der Waals surface area (Å²) in [6, 6.07) is 7.65. The second-order valence-corrected chi connectivity index (χ2v) is 3.87. The first-order chi connectivity index (χ1) is 6.52. The minimum atomic E-state index is -0.0577. The number of carbonyl (C=O) groups is 1. The van der Waals surface area contributed by atoms with Crippen molar-refractivity contribution < 1.29 is 4.79 Å². The van der Waals surface area contributed by atoms with Gasteiger partial charge >= 0.3 is 0 Å². The first-order valence-corrected chi connectivity index (χ1v) is 4.79. The third-order valence-electron chi connectivity index (χ3n) is 2.49. The lowest BCUT2D eigenvalue weighted by Crippen LogP contribution is -2.32. The molecule has 0 aliphatic carbocycles. The summed E-state index contributed by atoms with van der Waals surface area (Å²) in [5.74, 6) is 0.176. The first-order valence-electron chi connectivity index (χ1n) is 4.79. The molecule has 2 nitrogen and oxygen atoms in total. The topological polar surface area (TPSA) is 20.3 Å². The maximum Gasteiger partial charge on any atom is 0.179 e. The van der Waals surface area contributed by atoms with E-state index in [1.54, 1.807) is 0 Å². The van der Waals surface area contributed by atoms with Crippen molar-refractivity contribution in [3.63, 3.8) is 0 Å². The Hall–Kier alpha value is -1.15. The number of carbonyl (C=O) groups excluding carboxylic acids is 1. The monoisotopic (exact) mass is 191 g/mol. The van der Waals surface area contributed by atoms with E-state index in [-0.39, 0.29) is 11.8 Å². The molecule has 0 spiro atoms. The molecule has 1 aromatic rings. The van der Waals surface area contributed by atoms with Crippen LogP contribution in [0.3, 0.4) is 0 Å². The molecule has 0 saturated heterocycles. The lowest BCUT2D eigenvalue weighted by Gasteiger charge is -2.18. The molecule has 0 heterocycles.